The maximum Gasteiger partial charge on any atom is 0.291 e. The number of amides is 1. The van der Waals surface area contributed by atoms with Crippen LogP contribution in [-0.2, 0) is 12.8 Å². The van der Waals surface area contributed by atoms with Crippen LogP contribution in [0.15, 0.2) is 52.3 Å². The summed E-state index contributed by atoms with van der Waals surface area (Å²) in [5.74, 6) is 0.481. The lowest BCUT2D eigenvalue weighted by Crippen LogP contribution is -2.11. The molecule has 0 bridgehead atoms. The fourth-order valence-corrected chi connectivity index (χ4v) is 2.97. The third-order valence-corrected chi connectivity index (χ3v) is 4.50. The van der Waals surface area contributed by atoms with Crippen LogP contribution in [0.5, 0.6) is 5.75 Å². The van der Waals surface area contributed by atoms with Crippen molar-refractivity contribution in [1.29, 1.82) is 0 Å². The van der Waals surface area contributed by atoms with Crippen molar-refractivity contribution in [1.82, 2.24) is 9.55 Å². The first kappa shape index (κ1) is 17.1. The van der Waals surface area contributed by atoms with Gasteiger partial charge in [0, 0.05) is 31.2 Å². The largest absolute Gasteiger partial charge is 0.494 e. The molecule has 25 heavy (non-hydrogen) atoms. The second kappa shape index (κ2) is 7.43. The van der Waals surface area contributed by atoms with Gasteiger partial charge in [0.2, 0.25) is 0 Å². The topological polar surface area (TPSA) is 69.3 Å². The number of nitrogens with zero attached hydrogens (tertiary/aromatic N) is 2. The number of nitrogens with one attached hydrogen (secondary N) is 1. The molecule has 0 spiro atoms. The minimum Gasteiger partial charge on any atom is -0.494 e. The van der Waals surface area contributed by atoms with E-state index in [1.54, 1.807) is 24.4 Å². The fourth-order valence-electron chi connectivity index (χ4n) is 2.14. The summed E-state index contributed by atoms with van der Waals surface area (Å²) < 4.78 is 26.0. The smallest absolute Gasteiger partial charge is 0.291 e. The Morgan fingerprint density at radius 1 is 1.40 bits per heavy atom. The summed E-state index contributed by atoms with van der Waals surface area (Å²) in [6.07, 6.45) is 3.58. The molecule has 0 fully saturated rings. The van der Waals surface area contributed by atoms with E-state index in [0.29, 0.717) is 17.2 Å². The number of halogens is 1. The summed E-state index contributed by atoms with van der Waals surface area (Å²) in [4.78, 5) is 16.4. The Hall–Kier alpha value is -2.74. The Morgan fingerprint density at radius 2 is 2.24 bits per heavy atom. The molecular formula is C17H16FN3O3S. The molecule has 6 nitrogen and oxygen atoms in total. The highest BCUT2D eigenvalue weighted by atomic mass is 32.2. The van der Waals surface area contributed by atoms with E-state index >= 15 is 0 Å². The number of thioether (sulfide) groups is 1. The van der Waals surface area contributed by atoms with Gasteiger partial charge in [-0.25, -0.2) is 9.37 Å². The molecule has 0 saturated carbocycles. The number of aryl methyl sites for hydroxylation is 1. The Bertz CT molecular complexity index is 891. The van der Waals surface area contributed by atoms with Crippen LogP contribution < -0.4 is 10.1 Å². The van der Waals surface area contributed by atoms with E-state index in [1.165, 1.54) is 31.0 Å². The van der Waals surface area contributed by atoms with Gasteiger partial charge < -0.3 is 19.0 Å². The molecule has 2 aromatic heterocycles. The van der Waals surface area contributed by atoms with Gasteiger partial charge in [0.05, 0.1) is 12.9 Å². The lowest BCUT2D eigenvalue weighted by molar-refractivity contribution is 0.0995. The van der Waals surface area contributed by atoms with Crippen LogP contribution >= 0.6 is 11.8 Å². The van der Waals surface area contributed by atoms with E-state index in [0.717, 1.165) is 5.16 Å². The fraction of sp³-hybridized carbons (Fsp3) is 0.176. The van der Waals surface area contributed by atoms with Crippen LogP contribution in [0.3, 0.4) is 0 Å². The number of ether oxygens (including phenoxy) is 1. The van der Waals surface area contributed by atoms with Crippen molar-refractivity contribution in [3.8, 4) is 5.75 Å². The minimum absolute atomic E-state index is 0.115. The van der Waals surface area contributed by atoms with Crippen LogP contribution in [0.1, 0.15) is 16.3 Å². The summed E-state index contributed by atoms with van der Waals surface area (Å²) in [6, 6.07) is 7.52. The molecule has 0 saturated heterocycles. The van der Waals surface area contributed by atoms with E-state index in [1.807, 2.05) is 17.8 Å². The number of hydrogen-bond acceptors (Lipinski definition) is 5. The van der Waals surface area contributed by atoms with Crippen LogP contribution in [-0.4, -0.2) is 22.6 Å². The normalized spacial score (nSPS) is 10.7. The number of carbonyl (C=O) groups is 1. The Balaban J connectivity index is 1.62. The molecule has 2 heterocycles. The third-order valence-electron chi connectivity index (χ3n) is 3.42. The van der Waals surface area contributed by atoms with Crippen LogP contribution in [0.25, 0.3) is 0 Å². The van der Waals surface area contributed by atoms with Crippen molar-refractivity contribution in [2.45, 2.75) is 10.9 Å². The molecule has 0 radical (unpaired) electrons. The van der Waals surface area contributed by atoms with Crippen molar-refractivity contribution < 1.29 is 18.3 Å². The molecule has 3 aromatic rings. The summed E-state index contributed by atoms with van der Waals surface area (Å²) in [6.45, 7) is 0. The van der Waals surface area contributed by atoms with Crippen LogP contribution in [0, 0.1) is 5.82 Å². The number of rotatable bonds is 6. The Labute approximate surface area is 148 Å². The number of anilines is 1. The average molecular weight is 361 g/mol. The minimum atomic E-state index is -0.549. The highest BCUT2D eigenvalue weighted by Gasteiger charge is 2.13. The SMILES string of the molecule is COc1ccc(NC(=O)c2ccc(CSc3nccn3C)o2)cc1F. The van der Waals surface area contributed by atoms with Gasteiger partial charge in [-0.1, -0.05) is 11.8 Å². The number of methoxy groups -OCH3 is 1. The van der Waals surface area contributed by atoms with Crippen LogP contribution in [0.4, 0.5) is 10.1 Å². The number of imidazole rings is 1. The van der Waals surface area contributed by atoms with E-state index in [-0.39, 0.29) is 11.5 Å². The molecular weight excluding hydrogens is 345 g/mol. The maximum atomic E-state index is 13.7. The van der Waals surface area contributed by atoms with Gasteiger partial charge in [-0.15, -0.1) is 0 Å². The molecule has 1 N–H and O–H groups in total. The monoisotopic (exact) mass is 361 g/mol. The van der Waals surface area contributed by atoms with Gasteiger partial charge >= 0.3 is 0 Å². The van der Waals surface area contributed by atoms with E-state index < -0.39 is 11.7 Å². The summed E-state index contributed by atoms with van der Waals surface area (Å²) in [5, 5.41) is 3.45. The summed E-state index contributed by atoms with van der Waals surface area (Å²) in [5.41, 5.74) is 0.323. The zero-order chi connectivity index (χ0) is 17.8. The molecule has 3 rings (SSSR count). The number of benzene rings is 1. The van der Waals surface area contributed by atoms with Gasteiger partial charge in [-0.2, -0.15) is 0 Å². The molecule has 0 aliphatic rings. The summed E-state index contributed by atoms with van der Waals surface area (Å²) in [7, 11) is 3.29. The van der Waals surface area contributed by atoms with Crippen molar-refractivity contribution in [3.63, 3.8) is 0 Å². The standard InChI is InChI=1S/C17H16FN3O3S/c1-21-8-7-19-17(21)25-10-12-4-6-15(24-12)16(22)20-11-3-5-14(23-2)13(18)9-11/h3-9H,10H2,1-2H3,(H,20,22). The number of hydrogen-bond donors (Lipinski definition) is 1. The highest BCUT2D eigenvalue weighted by molar-refractivity contribution is 7.98. The molecule has 0 unspecified atom stereocenters. The van der Waals surface area contributed by atoms with E-state index in [9.17, 15) is 9.18 Å². The Morgan fingerprint density at radius 3 is 2.92 bits per heavy atom. The molecule has 130 valence electrons. The van der Waals surface area contributed by atoms with Gasteiger partial charge in [-0.3, -0.25) is 4.79 Å². The molecule has 0 aliphatic heterocycles. The summed E-state index contributed by atoms with van der Waals surface area (Å²) >= 11 is 1.50. The molecule has 0 atom stereocenters. The quantitative estimate of drug-likeness (QED) is 0.678. The van der Waals surface area contributed by atoms with Gasteiger partial charge in [-0.05, 0) is 24.3 Å². The first-order valence-electron chi connectivity index (χ1n) is 7.40. The molecule has 1 amide bonds. The average Bonchev–Trinajstić information content (AvgIpc) is 3.22. The second-order valence-electron chi connectivity index (χ2n) is 5.18. The Kier molecular flexibility index (Phi) is 5.08. The van der Waals surface area contributed by atoms with E-state index in [2.05, 4.69) is 10.3 Å². The maximum absolute atomic E-state index is 13.7. The number of carbonyl (C=O) groups excluding carboxylic acids is 1. The molecule has 1 aromatic carbocycles. The second-order valence-corrected chi connectivity index (χ2v) is 6.12. The first-order valence-corrected chi connectivity index (χ1v) is 8.39. The number of furan rings is 1. The lowest BCUT2D eigenvalue weighted by Gasteiger charge is -2.06. The third kappa shape index (κ3) is 4.03. The molecule has 0 aliphatic carbocycles. The lowest BCUT2D eigenvalue weighted by atomic mass is 10.3. The zero-order valence-corrected chi connectivity index (χ0v) is 14.5. The predicted molar refractivity (Wildman–Crippen MR) is 92.4 cm³/mol. The highest BCUT2D eigenvalue weighted by Crippen LogP contribution is 2.23. The van der Waals surface area contributed by atoms with Crippen molar-refractivity contribution in [3.05, 3.63) is 60.1 Å². The van der Waals surface area contributed by atoms with Crippen molar-refractivity contribution >= 4 is 23.4 Å². The van der Waals surface area contributed by atoms with Gasteiger partial charge in [0.1, 0.15) is 5.76 Å². The van der Waals surface area contributed by atoms with E-state index in [4.69, 9.17) is 9.15 Å². The van der Waals surface area contributed by atoms with Crippen molar-refractivity contribution in [2.75, 3.05) is 12.4 Å². The van der Waals surface area contributed by atoms with Crippen molar-refractivity contribution in [2.24, 2.45) is 7.05 Å². The zero-order valence-electron chi connectivity index (χ0n) is 13.7. The van der Waals surface area contributed by atoms with Gasteiger partial charge in [0.25, 0.3) is 5.91 Å². The van der Waals surface area contributed by atoms with Crippen LogP contribution in [0.2, 0.25) is 0 Å². The molecule has 8 heteroatoms. The first-order chi connectivity index (χ1) is 12.1. The number of aromatic nitrogens is 2. The predicted octanol–water partition coefficient (Wildman–Crippen LogP) is 3.71. The van der Waals surface area contributed by atoms with Gasteiger partial charge in [0.15, 0.2) is 22.5 Å².